The number of nitrogens with zero attached hydrogens (tertiary/aromatic N) is 2. The number of carboxylic acid groups (broad SMARTS) is 1. The molecule has 0 aliphatic carbocycles. The second-order valence-electron chi connectivity index (χ2n) is 3.58. The molecule has 0 unspecified atom stereocenters. The Morgan fingerprint density at radius 1 is 1.24 bits per heavy atom. The molecule has 0 rings (SSSR count). The molecule has 0 radical (unpaired) electrons. The van der Waals surface area contributed by atoms with Crippen molar-refractivity contribution in [1.29, 1.82) is 0 Å². The van der Waals surface area contributed by atoms with Crippen LogP contribution in [0.1, 0.15) is 0 Å². The fourth-order valence-electron chi connectivity index (χ4n) is 0.879. The molecule has 2 N–H and O–H groups in total. The Labute approximate surface area is 100 Å². The number of nitrogens with one attached hydrogen (secondary N) is 1. The number of carbonyl (C=O) groups is 2. The van der Waals surface area contributed by atoms with Crippen LogP contribution in [0.2, 0.25) is 0 Å². The number of rotatable bonds is 6. The zero-order valence-corrected chi connectivity index (χ0v) is 10.8. The summed E-state index contributed by atoms with van der Waals surface area (Å²) in [7, 11) is 0.744. The predicted octanol–water partition coefficient (Wildman–Crippen LogP) is -1.40. The lowest BCUT2D eigenvalue weighted by Gasteiger charge is -2.16. The van der Waals surface area contributed by atoms with Gasteiger partial charge in [-0.3, -0.25) is 4.79 Å². The predicted molar refractivity (Wildman–Crippen MR) is 61.1 cm³/mol. The zero-order valence-electron chi connectivity index (χ0n) is 10.0. The van der Waals surface area contributed by atoms with Gasteiger partial charge in [0.15, 0.2) is 0 Å². The third kappa shape index (κ3) is 6.07. The normalized spacial score (nSPS) is 11.3. The number of aliphatic carboxylic acids is 1. The maximum absolute atomic E-state index is 11.3. The maximum Gasteiger partial charge on any atom is 0.323 e. The topological polar surface area (TPSA) is 107 Å². The average molecular weight is 267 g/mol. The zero-order chi connectivity index (χ0) is 13.6. The van der Waals surface area contributed by atoms with E-state index >= 15 is 0 Å². The Morgan fingerprint density at radius 2 is 1.76 bits per heavy atom. The molecule has 0 heterocycles. The summed E-state index contributed by atoms with van der Waals surface area (Å²) >= 11 is 0. The molecule has 17 heavy (non-hydrogen) atoms. The van der Waals surface area contributed by atoms with Crippen molar-refractivity contribution in [3.05, 3.63) is 0 Å². The average Bonchev–Trinajstić information content (AvgIpc) is 2.15. The van der Waals surface area contributed by atoms with Crippen molar-refractivity contribution in [2.24, 2.45) is 0 Å². The van der Waals surface area contributed by atoms with Crippen LogP contribution in [0.15, 0.2) is 0 Å². The van der Waals surface area contributed by atoms with Crippen molar-refractivity contribution < 1.29 is 23.1 Å². The van der Waals surface area contributed by atoms with Gasteiger partial charge in [0.05, 0.1) is 5.75 Å². The molecule has 0 fully saturated rings. The highest BCUT2D eigenvalue weighted by atomic mass is 32.2. The number of carbonyl (C=O) groups excluding carboxylic acids is 1. The summed E-state index contributed by atoms with van der Waals surface area (Å²) in [4.78, 5) is 22.5. The summed E-state index contributed by atoms with van der Waals surface area (Å²) in [5.41, 5.74) is 0. The van der Waals surface area contributed by atoms with Crippen LogP contribution in [0.5, 0.6) is 0 Å². The lowest BCUT2D eigenvalue weighted by atomic mass is 10.6. The minimum absolute atomic E-state index is 0.0662. The lowest BCUT2D eigenvalue weighted by molar-refractivity contribution is -0.137. The highest BCUT2D eigenvalue weighted by molar-refractivity contribution is 7.89. The molecular weight excluding hydrogens is 250 g/mol. The molecule has 8 nitrogen and oxygen atoms in total. The Bertz CT molecular complexity index is 379. The van der Waals surface area contributed by atoms with Gasteiger partial charge in [0.2, 0.25) is 10.0 Å². The monoisotopic (exact) mass is 267 g/mol. The van der Waals surface area contributed by atoms with Crippen LogP contribution in [0.3, 0.4) is 0 Å². The van der Waals surface area contributed by atoms with E-state index in [0.717, 1.165) is 9.21 Å². The van der Waals surface area contributed by atoms with Gasteiger partial charge in [-0.15, -0.1) is 0 Å². The van der Waals surface area contributed by atoms with Crippen LogP contribution >= 0.6 is 0 Å². The van der Waals surface area contributed by atoms with Crippen molar-refractivity contribution in [2.45, 2.75) is 0 Å². The number of urea groups is 1. The SMILES string of the molecule is CN(CC(=O)O)C(=O)NCCS(=O)(=O)N(C)C. The van der Waals surface area contributed by atoms with Crippen LogP contribution in [-0.4, -0.2) is 74.7 Å². The van der Waals surface area contributed by atoms with Crippen molar-refractivity contribution in [3.8, 4) is 0 Å². The molecule has 9 heteroatoms. The molecule has 0 aliphatic heterocycles. The van der Waals surface area contributed by atoms with Crippen LogP contribution in [0, 0.1) is 0 Å². The molecule has 0 bridgehead atoms. The molecule has 0 aliphatic rings. The van der Waals surface area contributed by atoms with E-state index in [1.807, 2.05) is 0 Å². The highest BCUT2D eigenvalue weighted by Gasteiger charge is 2.15. The molecule has 0 saturated carbocycles. The summed E-state index contributed by atoms with van der Waals surface area (Å²) in [6.07, 6.45) is 0. The van der Waals surface area contributed by atoms with Crippen LogP contribution in [0.4, 0.5) is 4.79 Å². The van der Waals surface area contributed by atoms with Gasteiger partial charge in [-0.1, -0.05) is 0 Å². The number of hydrogen-bond acceptors (Lipinski definition) is 4. The van der Waals surface area contributed by atoms with E-state index in [-0.39, 0.29) is 12.3 Å². The standard InChI is InChI=1S/C8H17N3O5S/c1-10(2)17(15,16)5-4-9-8(14)11(3)6-7(12)13/h4-6H2,1-3H3,(H,9,14)(H,12,13). The minimum Gasteiger partial charge on any atom is -0.480 e. The fraction of sp³-hybridized carbons (Fsp3) is 0.750. The molecule has 0 spiro atoms. The van der Waals surface area contributed by atoms with Crippen molar-refractivity contribution in [1.82, 2.24) is 14.5 Å². The Balaban J connectivity index is 4.06. The summed E-state index contributed by atoms with van der Waals surface area (Å²) in [5.74, 6) is -1.37. The molecule has 0 saturated heterocycles. The number of amides is 2. The van der Waals surface area contributed by atoms with Crippen molar-refractivity contribution in [3.63, 3.8) is 0 Å². The maximum atomic E-state index is 11.3. The third-order valence-corrected chi connectivity index (χ3v) is 3.74. The Hall–Kier alpha value is -1.35. The summed E-state index contributed by atoms with van der Waals surface area (Å²) in [6, 6.07) is -0.624. The molecule has 0 aromatic carbocycles. The largest absolute Gasteiger partial charge is 0.480 e. The first-order valence-corrected chi connectivity index (χ1v) is 6.38. The lowest BCUT2D eigenvalue weighted by Crippen LogP contribution is -2.42. The summed E-state index contributed by atoms with van der Waals surface area (Å²) in [6.45, 7) is -0.504. The van der Waals surface area contributed by atoms with E-state index in [2.05, 4.69) is 5.32 Å². The van der Waals surface area contributed by atoms with Crippen LogP contribution in [-0.2, 0) is 14.8 Å². The van der Waals surface area contributed by atoms with Gasteiger partial charge in [0, 0.05) is 27.7 Å². The van der Waals surface area contributed by atoms with Crippen LogP contribution in [0.25, 0.3) is 0 Å². The van der Waals surface area contributed by atoms with Gasteiger partial charge in [-0.25, -0.2) is 17.5 Å². The first-order valence-electron chi connectivity index (χ1n) is 4.78. The molecule has 0 atom stereocenters. The highest BCUT2D eigenvalue weighted by Crippen LogP contribution is 1.92. The van der Waals surface area contributed by atoms with Gasteiger partial charge in [-0.05, 0) is 0 Å². The molecule has 0 aromatic heterocycles. The Kier molecular flexibility index (Phi) is 5.89. The third-order valence-electron chi connectivity index (χ3n) is 1.91. The first-order chi connectivity index (χ1) is 7.66. The first kappa shape index (κ1) is 15.7. The number of likely N-dealkylation sites (N-methyl/N-ethyl adjacent to an activating group) is 1. The van der Waals surface area contributed by atoms with E-state index in [1.165, 1.54) is 21.1 Å². The quantitative estimate of drug-likeness (QED) is 0.615. The van der Waals surface area contributed by atoms with Crippen LogP contribution < -0.4 is 5.32 Å². The Morgan fingerprint density at radius 3 is 2.18 bits per heavy atom. The molecule has 100 valence electrons. The molecular formula is C8H17N3O5S. The van der Waals surface area contributed by atoms with Gasteiger partial charge >= 0.3 is 12.0 Å². The van der Waals surface area contributed by atoms with E-state index in [0.29, 0.717) is 0 Å². The number of sulfonamides is 1. The molecule has 0 aromatic rings. The minimum atomic E-state index is -3.36. The van der Waals surface area contributed by atoms with Gasteiger partial charge in [0.1, 0.15) is 6.54 Å². The second kappa shape index (κ2) is 6.40. The van der Waals surface area contributed by atoms with Gasteiger partial charge in [-0.2, -0.15) is 0 Å². The van der Waals surface area contributed by atoms with E-state index in [1.54, 1.807) is 0 Å². The summed E-state index contributed by atoms with van der Waals surface area (Å²) < 4.78 is 23.7. The van der Waals surface area contributed by atoms with Crippen molar-refractivity contribution >= 4 is 22.0 Å². The second-order valence-corrected chi connectivity index (χ2v) is 5.88. The van der Waals surface area contributed by atoms with E-state index < -0.39 is 28.6 Å². The van der Waals surface area contributed by atoms with Crippen molar-refractivity contribution in [2.75, 3.05) is 40.0 Å². The molecule has 2 amide bonds. The smallest absolute Gasteiger partial charge is 0.323 e. The van der Waals surface area contributed by atoms with E-state index in [9.17, 15) is 18.0 Å². The van der Waals surface area contributed by atoms with Gasteiger partial charge in [0.25, 0.3) is 0 Å². The number of hydrogen-bond donors (Lipinski definition) is 2. The van der Waals surface area contributed by atoms with Gasteiger partial charge < -0.3 is 15.3 Å². The summed E-state index contributed by atoms with van der Waals surface area (Å²) in [5, 5.41) is 10.8. The fourth-order valence-corrected chi connectivity index (χ4v) is 1.60. The number of carboxylic acids is 1. The van der Waals surface area contributed by atoms with E-state index in [4.69, 9.17) is 5.11 Å².